The van der Waals surface area contributed by atoms with Gasteiger partial charge in [0.15, 0.2) is 5.79 Å². The van der Waals surface area contributed by atoms with Crippen LogP contribution in [0.3, 0.4) is 0 Å². The summed E-state index contributed by atoms with van der Waals surface area (Å²) in [6.07, 6.45) is 7.17. The van der Waals surface area contributed by atoms with Crippen molar-refractivity contribution in [1.82, 2.24) is 0 Å². The van der Waals surface area contributed by atoms with Crippen LogP contribution in [0.25, 0.3) is 0 Å². The highest BCUT2D eigenvalue weighted by atomic mass is 16.7. The summed E-state index contributed by atoms with van der Waals surface area (Å²) in [5.74, 6) is 0.381. The van der Waals surface area contributed by atoms with Crippen molar-refractivity contribution in [2.45, 2.75) is 58.2 Å². The van der Waals surface area contributed by atoms with Crippen molar-refractivity contribution in [2.24, 2.45) is 22.7 Å². The zero-order valence-electron chi connectivity index (χ0n) is 14.3. The van der Waals surface area contributed by atoms with Crippen molar-refractivity contribution in [1.29, 1.82) is 0 Å². The molecule has 1 N–H and O–H groups in total. The largest absolute Gasteiger partial charge is 0.396 e. The number of allylic oxidation sites excluding steroid dienone is 1. The molecular formula is C19H28O4. The van der Waals surface area contributed by atoms with Gasteiger partial charge in [-0.1, -0.05) is 25.5 Å². The summed E-state index contributed by atoms with van der Waals surface area (Å²) in [7, 11) is 0. The molecule has 0 unspecified atom stereocenters. The fourth-order valence-electron chi connectivity index (χ4n) is 6.00. The average Bonchev–Trinajstić information content (AvgIpc) is 3.03. The molecule has 0 amide bonds. The van der Waals surface area contributed by atoms with Crippen LogP contribution in [0.4, 0.5) is 0 Å². The zero-order chi connectivity index (χ0) is 16.3. The molecule has 0 aromatic carbocycles. The molecule has 1 aliphatic heterocycles. The van der Waals surface area contributed by atoms with Crippen LogP contribution < -0.4 is 0 Å². The summed E-state index contributed by atoms with van der Waals surface area (Å²) in [4.78, 5) is 12.2. The lowest BCUT2D eigenvalue weighted by Gasteiger charge is -2.60. The van der Waals surface area contributed by atoms with Crippen molar-refractivity contribution in [3.8, 4) is 0 Å². The van der Waals surface area contributed by atoms with Gasteiger partial charge in [-0.3, -0.25) is 4.79 Å². The Bertz CT molecular complexity index is 548. The number of hydrogen-bond donors (Lipinski definition) is 1. The average molecular weight is 320 g/mol. The van der Waals surface area contributed by atoms with Crippen molar-refractivity contribution < 1.29 is 19.4 Å². The summed E-state index contributed by atoms with van der Waals surface area (Å²) in [6.45, 7) is 6.07. The van der Waals surface area contributed by atoms with Gasteiger partial charge in [-0.05, 0) is 30.6 Å². The maximum absolute atomic E-state index is 12.2. The number of ether oxygens (including phenoxy) is 2. The molecule has 3 aliphatic carbocycles. The van der Waals surface area contributed by atoms with Gasteiger partial charge in [-0.15, -0.1) is 0 Å². The Balaban J connectivity index is 1.74. The number of hydrogen-bond acceptors (Lipinski definition) is 4. The Morgan fingerprint density at radius 1 is 1.26 bits per heavy atom. The first-order chi connectivity index (χ1) is 11.0. The van der Waals surface area contributed by atoms with Crippen molar-refractivity contribution >= 4 is 5.78 Å². The normalized spacial score (nSPS) is 45.5. The monoisotopic (exact) mass is 320 g/mol. The lowest BCUT2D eigenvalue weighted by molar-refractivity contribution is -0.214. The smallest absolute Gasteiger partial charge is 0.174 e. The van der Waals surface area contributed by atoms with Gasteiger partial charge >= 0.3 is 0 Å². The Labute approximate surface area is 138 Å². The molecule has 0 bridgehead atoms. The van der Waals surface area contributed by atoms with Crippen LogP contribution in [0.1, 0.15) is 52.4 Å². The third-order valence-electron chi connectivity index (χ3n) is 7.44. The van der Waals surface area contributed by atoms with Crippen LogP contribution in [-0.2, 0) is 14.3 Å². The van der Waals surface area contributed by atoms with E-state index >= 15 is 0 Å². The molecule has 2 saturated carbocycles. The molecule has 0 radical (unpaired) electrons. The lowest BCUT2D eigenvalue weighted by atomic mass is 9.46. The van der Waals surface area contributed by atoms with E-state index in [1.54, 1.807) is 0 Å². The van der Waals surface area contributed by atoms with Crippen LogP contribution in [0.5, 0.6) is 0 Å². The minimum absolute atomic E-state index is 0.0168. The highest BCUT2D eigenvalue weighted by molar-refractivity contribution is 5.80. The van der Waals surface area contributed by atoms with Crippen LogP contribution in [0.15, 0.2) is 11.6 Å². The highest BCUT2D eigenvalue weighted by Gasteiger charge is 2.60. The first kappa shape index (κ1) is 15.8. The van der Waals surface area contributed by atoms with E-state index in [1.165, 1.54) is 5.57 Å². The van der Waals surface area contributed by atoms with Crippen LogP contribution in [0.2, 0.25) is 0 Å². The third kappa shape index (κ3) is 2.04. The predicted molar refractivity (Wildman–Crippen MR) is 85.7 cm³/mol. The number of carbonyl (C=O) groups excluding carboxylic acids is 1. The molecule has 1 heterocycles. The maximum atomic E-state index is 12.2. The topological polar surface area (TPSA) is 55.8 Å². The predicted octanol–water partition coefficient (Wildman–Crippen LogP) is 2.84. The number of aliphatic hydroxyl groups is 1. The van der Waals surface area contributed by atoms with E-state index in [4.69, 9.17) is 9.47 Å². The van der Waals surface area contributed by atoms with Crippen molar-refractivity contribution in [3.05, 3.63) is 11.6 Å². The number of fused-ring (bicyclic) bond motifs is 3. The number of Topliss-reactive ketones (excluding diaryl/α,β-unsaturated/α-hetero) is 1. The van der Waals surface area contributed by atoms with E-state index in [-0.39, 0.29) is 29.3 Å². The third-order valence-corrected chi connectivity index (χ3v) is 7.44. The Kier molecular flexibility index (Phi) is 3.53. The summed E-state index contributed by atoms with van der Waals surface area (Å²) in [5, 5.41) is 10.1. The van der Waals surface area contributed by atoms with Gasteiger partial charge < -0.3 is 14.6 Å². The Morgan fingerprint density at radius 2 is 2.00 bits per heavy atom. The lowest BCUT2D eigenvalue weighted by Crippen LogP contribution is -2.57. The molecule has 23 heavy (non-hydrogen) atoms. The van der Waals surface area contributed by atoms with E-state index in [0.29, 0.717) is 31.8 Å². The van der Waals surface area contributed by atoms with E-state index in [9.17, 15) is 9.90 Å². The van der Waals surface area contributed by atoms with Gasteiger partial charge in [0.25, 0.3) is 0 Å². The molecule has 1 spiro atoms. The zero-order valence-corrected chi connectivity index (χ0v) is 14.3. The minimum Gasteiger partial charge on any atom is -0.396 e. The second kappa shape index (κ2) is 5.14. The molecule has 4 aliphatic rings. The summed E-state index contributed by atoms with van der Waals surface area (Å²) in [6, 6.07) is 0. The van der Waals surface area contributed by atoms with E-state index in [1.807, 2.05) is 0 Å². The SMILES string of the molecule is C[C@H]1C2=CC[C@@]3(CO)CCC(=O)C[C@@H]3[C@@]2(C)CCC12OCCO2. The number of ketones is 1. The molecule has 1 saturated heterocycles. The van der Waals surface area contributed by atoms with Gasteiger partial charge in [0.1, 0.15) is 5.78 Å². The fraction of sp³-hybridized carbons (Fsp3) is 0.842. The van der Waals surface area contributed by atoms with Crippen LogP contribution >= 0.6 is 0 Å². The molecule has 4 heteroatoms. The van der Waals surface area contributed by atoms with Crippen LogP contribution in [-0.4, -0.2) is 36.5 Å². The number of carbonyl (C=O) groups is 1. The van der Waals surface area contributed by atoms with Gasteiger partial charge in [0.05, 0.1) is 13.2 Å². The van der Waals surface area contributed by atoms with Gasteiger partial charge in [-0.25, -0.2) is 0 Å². The molecule has 3 fully saturated rings. The standard InChI is InChI=1S/C19H28O4/c1-13-15-4-6-18(12-20)5-3-14(21)11-16(18)17(15,2)7-8-19(13)22-9-10-23-19/h4,13,16,20H,3,5-12H2,1-2H3/t13-,16+,17-,18+/m0/s1. The first-order valence-corrected chi connectivity index (χ1v) is 9.07. The van der Waals surface area contributed by atoms with Crippen molar-refractivity contribution in [2.75, 3.05) is 19.8 Å². The molecule has 4 atom stereocenters. The molecule has 4 nitrogen and oxygen atoms in total. The second-order valence-corrected chi connectivity index (χ2v) is 8.33. The van der Waals surface area contributed by atoms with Gasteiger partial charge in [0, 0.05) is 37.2 Å². The van der Waals surface area contributed by atoms with Crippen LogP contribution in [0, 0.1) is 22.7 Å². The summed E-state index contributed by atoms with van der Waals surface area (Å²) < 4.78 is 12.0. The molecule has 0 aromatic rings. The van der Waals surface area contributed by atoms with E-state index in [0.717, 1.165) is 25.7 Å². The highest BCUT2D eigenvalue weighted by Crippen LogP contribution is 2.64. The van der Waals surface area contributed by atoms with Crippen molar-refractivity contribution in [3.63, 3.8) is 0 Å². The molecular weight excluding hydrogens is 292 g/mol. The Hall–Kier alpha value is -0.710. The minimum atomic E-state index is -0.455. The quantitative estimate of drug-likeness (QED) is 0.755. The fourth-order valence-corrected chi connectivity index (χ4v) is 6.00. The van der Waals surface area contributed by atoms with E-state index < -0.39 is 5.79 Å². The number of rotatable bonds is 1. The summed E-state index contributed by atoms with van der Waals surface area (Å²) >= 11 is 0. The van der Waals surface area contributed by atoms with Gasteiger partial charge in [-0.2, -0.15) is 0 Å². The number of aliphatic hydroxyl groups excluding tert-OH is 1. The van der Waals surface area contributed by atoms with E-state index in [2.05, 4.69) is 19.9 Å². The second-order valence-electron chi connectivity index (χ2n) is 8.33. The first-order valence-electron chi connectivity index (χ1n) is 9.07. The van der Waals surface area contributed by atoms with Gasteiger partial charge in [0.2, 0.25) is 0 Å². The molecule has 128 valence electrons. The molecule has 4 rings (SSSR count). The maximum Gasteiger partial charge on any atom is 0.174 e. The Morgan fingerprint density at radius 3 is 2.70 bits per heavy atom. The molecule has 0 aromatic heterocycles. The summed E-state index contributed by atoms with van der Waals surface area (Å²) in [5.41, 5.74) is 1.28.